The molecule has 4 rings (SSSR count). The van der Waals surface area contributed by atoms with Crippen molar-refractivity contribution in [2.75, 3.05) is 6.61 Å². The molecule has 1 aromatic carbocycles. The zero-order valence-electron chi connectivity index (χ0n) is 13.9. The lowest BCUT2D eigenvalue weighted by Crippen LogP contribution is -2.35. The van der Waals surface area contributed by atoms with Crippen LogP contribution in [0.5, 0.6) is 5.75 Å². The first-order valence-electron chi connectivity index (χ1n) is 8.74. The lowest BCUT2D eigenvalue weighted by molar-refractivity contribution is 0.225. The largest absolute Gasteiger partial charge is 0.493 e. The number of hydrogen-bond acceptors (Lipinski definition) is 3. The first-order chi connectivity index (χ1) is 11.2. The highest BCUT2D eigenvalue weighted by Crippen LogP contribution is 2.39. The molecule has 23 heavy (non-hydrogen) atoms. The van der Waals surface area contributed by atoms with Crippen LogP contribution in [0, 0.1) is 18.8 Å². The van der Waals surface area contributed by atoms with Crippen molar-refractivity contribution in [3.8, 4) is 16.9 Å². The number of ether oxygens (including phenoxy) is 1. The summed E-state index contributed by atoms with van der Waals surface area (Å²) in [5.41, 5.74) is 2.62. The van der Waals surface area contributed by atoms with Crippen molar-refractivity contribution in [1.82, 2.24) is 5.32 Å². The second-order valence-corrected chi connectivity index (χ2v) is 8.27. The first kappa shape index (κ1) is 15.2. The topological polar surface area (TPSA) is 21.3 Å². The number of aryl methyl sites for hydroxylation is 1. The lowest BCUT2D eigenvalue weighted by atomic mass is 9.99. The zero-order valence-corrected chi connectivity index (χ0v) is 14.7. The van der Waals surface area contributed by atoms with Gasteiger partial charge in [-0.05, 0) is 73.7 Å². The lowest BCUT2D eigenvalue weighted by Gasteiger charge is -2.20. The van der Waals surface area contributed by atoms with Crippen LogP contribution < -0.4 is 10.1 Å². The van der Waals surface area contributed by atoms with E-state index in [1.54, 1.807) is 11.3 Å². The molecule has 0 bridgehead atoms. The van der Waals surface area contributed by atoms with Gasteiger partial charge in [-0.2, -0.15) is 0 Å². The first-order valence-corrected chi connectivity index (χ1v) is 9.62. The van der Waals surface area contributed by atoms with Crippen LogP contribution in [0.3, 0.4) is 0 Å². The van der Waals surface area contributed by atoms with E-state index >= 15 is 0 Å². The van der Waals surface area contributed by atoms with Crippen molar-refractivity contribution in [1.29, 1.82) is 0 Å². The van der Waals surface area contributed by atoms with Crippen LogP contribution in [0.25, 0.3) is 11.1 Å². The van der Waals surface area contributed by atoms with Gasteiger partial charge in [-0.25, -0.2) is 0 Å². The molecule has 0 amide bonds. The smallest absolute Gasteiger partial charge is 0.119 e. The van der Waals surface area contributed by atoms with Gasteiger partial charge in [0.15, 0.2) is 0 Å². The number of hydrogen-bond donors (Lipinski definition) is 1. The van der Waals surface area contributed by atoms with Crippen LogP contribution in [0.1, 0.15) is 31.1 Å². The van der Waals surface area contributed by atoms with E-state index in [0.29, 0.717) is 18.0 Å². The Morgan fingerprint density at radius 3 is 2.74 bits per heavy atom. The molecule has 1 aliphatic heterocycles. The second kappa shape index (κ2) is 6.29. The van der Waals surface area contributed by atoms with Gasteiger partial charge in [-0.1, -0.05) is 12.1 Å². The summed E-state index contributed by atoms with van der Waals surface area (Å²) in [5.74, 6) is 2.54. The fourth-order valence-corrected chi connectivity index (χ4v) is 5.09. The number of rotatable bonds is 4. The summed E-state index contributed by atoms with van der Waals surface area (Å²) in [4.78, 5) is 1.37. The maximum absolute atomic E-state index is 6.10. The van der Waals surface area contributed by atoms with Crippen LogP contribution >= 0.6 is 11.3 Å². The third-order valence-corrected chi connectivity index (χ3v) is 6.39. The third-order valence-electron chi connectivity index (χ3n) is 5.55. The molecule has 2 fully saturated rings. The molecule has 0 radical (unpaired) electrons. The van der Waals surface area contributed by atoms with Gasteiger partial charge in [0.25, 0.3) is 0 Å². The van der Waals surface area contributed by atoms with Crippen molar-refractivity contribution in [3.63, 3.8) is 0 Å². The van der Waals surface area contributed by atoms with E-state index in [-0.39, 0.29) is 0 Å². The Balaban J connectivity index is 1.37. The summed E-state index contributed by atoms with van der Waals surface area (Å²) in [6.45, 7) is 5.33. The van der Waals surface area contributed by atoms with Crippen LogP contribution in [0.2, 0.25) is 0 Å². The predicted molar refractivity (Wildman–Crippen MR) is 97.2 cm³/mol. The minimum absolute atomic E-state index is 0.670. The van der Waals surface area contributed by atoms with E-state index in [4.69, 9.17) is 4.74 Å². The Hall–Kier alpha value is -1.32. The van der Waals surface area contributed by atoms with Crippen LogP contribution in [-0.2, 0) is 0 Å². The highest BCUT2D eigenvalue weighted by atomic mass is 32.1. The summed E-state index contributed by atoms with van der Waals surface area (Å²) < 4.78 is 6.10. The van der Waals surface area contributed by atoms with E-state index in [0.717, 1.165) is 18.3 Å². The van der Waals surface area contributed by atoms with Gasteiger partial charge in [-0.15, -0.1) is 11.3 Å². The number of thiophene rings is 1. The quantitative estimate of drug-likeness (QED) is 0.864. The Kier molecular flexibility index (Phi) is 4.16. The van der Waals surface area contributed by atoms with Crippen molar-refractivity contribution < 1.29 is 4.74 Å². The van der Waals surface area contributed by atoms with Crippen molar-refractivity contribution in [2.45, 2.75) is 45.2 Å². The van der Waals surface area contributed by atoms with Crippen molar-refractivity contribution >= 4 is 11.3 Å². The third kappa shape index (κ3) is 3.05. The summed E-state index contributed by atoms with van der Waals surface area (Å²) in [5, 5.41) is 5.91. The fraction of sp³-hybridized carbons (Fsp3) is 0.500. The van der Waals surface area contributed by atoms with E-state index in [1.807, 2.05) is 0 Å². The minimum Gasteiger partial charge on any atom is -0.493 e. The van der Waals surface area contributed by atoms with Gasteiger partial charge < -0.3 is 10.1 Å². The highest BCUT2D eigenvalue weighted by molar-refractivity contribution is 7.10. The average molecular weight is 327 g/mol. The standard InChI is InChI=1S/C20H25NOS/c1-13-11-16-3-4-17(20(16)21-13)12-22-18-7-5-15(6-8-18)19-9-10-23-14(19)2/h5-10,13,16-17,20-21H,3-4,11-12H2,1-2H3. The monoisotopic (exact) mass is 327 g/mol. The predicted octanol–water partition coefficient (Wildman–Crippen LogP) is 4.88. The van der Waals surface area contributed by atoms with Gasteiger partial charge in [0.2, 0.25) is 0 Å². The van der Waals surface area contributed by atoms with Gasteiger partial charge in [0, 0.05) is 22.9 Å². The molecule has 1 N–H and O–H groups in total. The summed E-state index contributed by atoms with van der Waals surface area (Å²) in [6.07, 6.45) is 4.02. The maximum Gasteiger partial charge on any atom is 0.119 e. The molecule has 4 unspecified atom stereocenters. The molecule has 2 aliphatic rings. The molecular formula is C20H25NOS. The van der Waals surface area contributed by atoms with Crippen LogP contribution in [0.15, 0.2) is 35.7 Å². The van der Waals surface area contributed by atoms with Crippen molar-refractivity contribution in [2.24, 2.45) is 11.8 Å². The molecule has 1 aromatic heterocycles. The Morgan fingerprint density at radius 1 is 1.17 bits per heavy atom. The molecule has 4 atom stereocenters. The Morgan fingerprint density at radius 2 is 2.00 bits per heavy atom. The SMILES string of the molecule is Cc1sccc1-c1ccc(OCC2CCC3CC(C)NC23)cc1. The molecule has 1 saturated heterocycles. The number of nitrogens with one attached hydrogen (secondary N) is 1. The molecule has 2 nitrogen and oxygen atoms in total. The van der Waals surface area contributed by atoms with E-state index < -0.39 is 0 Å². The summed E-state index contributed by atoms with van der Waals surface area (Å²) in [6, 6.07) is 12.1. The summed E-state index contributed by atoms with van der Waals surface area (Å²) >= 11 is 1.80. The van der Waals surface area contributed by atoms with Gasteiger partial charge >= 0.3 is 0 Å². The minimum atomic E-state index is 0.670. The highest BCUT2D eigenvalue weighted by Gasteiger charge is 2.41. The molecule has 2 heterocycles. The average Bonchev–Trinajstić information content (AvgIpc) is 3.22. The van der Waals surface area contributed by atoms with E-state index in [2.05, 4.69) is 54.9 Å². The van der Waals surface area contributed by atoms with Crippen LogP contribution in [-0.4, -0.2) is 18.7 Å². The van der Waals surface area contributed by atoms with Gasteiger partial charge in [0.05, 0.1) is 6.61 Å². The Bertz CT molecular complexity index is 663. The van der Waals surface area contributed by atoms with E-state index in [1.165, 1.54) is 35.3 Å². The molecule has 2 aromatic rings. The molecule has 0 spiro atoms. The second-order valence-electron chi connectivity index (χ2n) is 7.15. The van der Waals surface area contributed by atoms with Gasteiger partial charge in [-0.3, -0.25) is 0 Å². The molecule has 1 aliphatic carbocycles. The van der Waals surface area contributed by atoms with Crippen molar-refractivity contribution in [3.05, 3.63) is 40.6 Å². The fourth-order valence-electron chi connectivity index (χ4n) is 4.36. The molecule has 122 valence electrons. The normalized spacial score (nSPS) is 29.7. The number of benzene rings is 1. The summed E-state index contributed by atoms with van der Waals surface area (Å²) in [7, 11) is 0. The molecule has 3 heteroatoms. The molecule has 1 saturated carbocycles. The zero-order chi connectivity index (χ0) is 15.8. The Labute approximate surface area is 142 Å². The number of fused-ring (bicyclic) bond motifs is 1. The molecular weight excluding hydrogens is 302 g/mol. The van der Waals surface area contributed by atoms with Gasteiger partial charge in [0.1, 0.15) is 5.75 Å². The van der Waals surface area contributed by atoms with E-state index in [9.17, 15) is 0 Å². The van der Waals surface area contributed by atoms with Crippen LogP contribution in [0.4, 0.5) is 0 Å². The maximum atomic E-state index is 6.10.